The number of benzene rings is 4. The second-order valence-corrected chi connectivity index (χ2v) is 10.7. The van der Waals surface area contributed by atoms with Crippen LogP contribution in [0.5, 0.6) is 0 Å². The molecule has 4 aromatic carbocycles. The lowest BCUT2D eigenvalue weighted by atomic mass is 9.97. The second-order valence-electron chi connectivity index (χ2n) is 10.7. The summed E-state index contributed by atoms with van der Waals surface area (Å²) < 4.78 is 2.13. The molecule has 0 N–H and O–H groups in total. The van der Waals surface area contributed by atoms with Crippen LogP contribution in [0.3, 0.4) is 0 Å². The van der Waals surface area contributed by atoms with Gasteiger partial charge in [0.15, 0.2) is 0 Å². The molecule has 0 aliphatic rings. The van der Waals surface area contributed by atoms with Crippen LogP contribution < -0.4 is 0 Å². The van der Waals surface area contributed by atoms with E-state index in [1.165, 1.54) is 0 Å². The first kappa shape index (κ1) is 26.4. The van der Waals surface area contributed by atoms with Gasteiger partial charge in [-0.3, -0.25) is 9.38 Å². The van der Waals surface area contributed by atoms with Crippen LogP contribution >= 0.6 is 0 Å². The number of nitrogens with zero attached hydrogens (tertiary/aromatic N) is 5. The topological polar surface area (TPSA) is 56.0 Å². The van der Waals surface area contributed by atoms with Gasteiger partial charge in [0.1, 0.15) is 11.3 Å². The molecule has 0 unspecified atom stereocenters. The van der Waals surface area contributed by atoms with E-state index in [-0.39, 0.29) is 0 Å². The van der Waals surface area contributed by atoms with E-state index in [2.05, 4.69) is 70.0 Å². The third-order valence-corrected chi connectivity index (χ3v) is 7.88. The van der Waals surface area contributed by atoms with E-state index in [0.717, 1.165) is 73.3 Å². The lowest BCUT2D eigenvalue weighted by Gasteiger charge is -2.16. The van der Waals surface area contributed by atoms with Gasteiger partial charge in [0.25, 0.3) is 0 Å². The highest BCUT2D eigenvalue weighted by Gasteiger charge is 2.21. The maximum absolute atomic E-state index is 5.43. The maximum Gasteiger partial charge on any atom is 0.138 e. The number of hydrogen-bond acceptors (Lipinski definition) is 4. The average molecular weight is 578 g/mol. The molecular weight excluding hydrogens is 550 g/mol. The van der Waals surface area contributed by atoms with Crippen LogP contribution in [0, 0.1) is 0 Å². The van der Waals surface area contributed by atoms with Gasteiger partial charge in [-0.15, -0.1) is 0 Å². The molecule has 0 amide bonds. The Bertz CT molecular complexity index is 2240. The molecule has 0 bridgehead atoms. The van der Waals surface area contributed by atoms with Gasteiger partial charge in [0, 0.05) is 40.2 Å². The van der Waals surface area contributed by atoms with Crippen molar-refractivity contribution in [3.8, 4) is 67.7 Å². The van der Waals surface area contributed by atoms with Crippen LogP contribution in [-0.4, -0.2) is 24.3 Å². The second kappa shape index (κ2) is 11.5. The van der Waals surface area contributed by atoms with Crippen molar-refractivity contribution in [1.82, 2.24) is 24.3 Å². The molecule has 4 aromatic heterocycles. The van der Waals surface area contributed by atoms with Gasteiger partial charge in [-0.05, 0) is 30.3 Å². The normalized spacial score (nSPS) is 11.1. The highest BCUT2D eigenvalue weighted by Crippen LogP contribution is 2.39. The van der Waals surface area contributed by atoms with Crippen molar-refractivity contribution in [3.63, 3.8) is 0 Å². The molecule has 8 aromatic rings. The molecular formula is C40H27N5. The molecule has 5 nitrogen and oxygen atoms in total. The smallest absolute Gasteiger partial charge is 0.138 e. The highest BCUT2D eigenvalue weighted by molar-refractivity contribution is 5.88. The molecule has 0 aliphatic heterocycles. The van der Waals surface area contributed by atoms with E-state index < -0.39 is 0 Å². The van der Waals surface area contributed by atoms with Gasteiger partial charge in [0.05, 0.1) is 34.2 Å². The monoisotopic (exact) mass is 577 g/mol. The Hall–Kier alpha value is -6.20. The molecule has 0 aliphatic carbocycles. The minimum Gasteiger partial charge on any atom is -0.299 e. The molecule has 0 spiro atoms. The van der Waals surface area contributed by atoms with E-state index in [1.807, 2.05) is 97.2 Å². The van der Waals surface area contributed by atoms with Crippen LogP contribution in [0.4, 0.5) is 0 Å². The van der Waals surface area contributed by atoms with Crippen LogP contribution in [0.2, 0.25) is 0 Å². The van der Waals surface area contributed by atoms with Crippen LogP contribution in [0.15, 0.2) is 164 Å². The Balaban J connectivity index is 1.39. The molecule has 45 heavy (non-hydrogen) atoms. The summed E-state index contributed by atoms with van der Waals surface area (Å²) in [5, 5.41) is 0. The number of fused-ring (bicyclic) bond motifs is 1. The lowest BCUT2D eigenvalue weighted by Crippen LogP contribution is -2.01. The summed E-state index contributed by atoms with van der Waals surface area (Å²) in [4.78, 5) is 20.5. The van der Waals surface area contributed by atoms with E-state index in [9.17, 15) is 0 Å². The highest BCUT2D eigenvalue weighted by atomic mass is 15.0. The molecule has 0 fully saturated rings. The minimum absolute atomic E-state index is 0.815. The lowest BCUT2D eigenvalue weighted by molar-refractivity contribution is 1.19. The Morgan fingerprint density at radius 3 is 1.47 bits per heavy atom. The van der Waals surface area contributed by atoms with E-state index in [1.54, 1.807) is 6.20 Å². The molecule has 0 saturated heterocycles. The Morgan fingerprint density at radius 2 is 0.889 bits per heavy atom. The summed E-state index contributed by atoms with van der Waals surface area (Å²) in [5.74, 6) is 0. The van der Waals surface area contributed by atoms with Crippen molar-refractivity contribution in [2.24, 2.45) is 0 Å². The molecule has 4 heterocycles. The van der Waals surface area contributed by atoms with Gasteiger partial charge < -0.3 is 0 Å². The van der Waals surface area contributed by atoms with Crippen molar-refractivity contribution in [2.75, 3.05) is 0 Å². The molecule has 0 saturated carbocycles. The van der Waals surface area contributed by atoms with Crippen LogP contribution in [0.25, 0.3) is 73.3 Å². The van der Waals surface area contributed by atoms with Crippen molar-refractivity contribution in [3.05, 3.63) is 164 Å². The summed E-state index contributed by atoms with van der Waals surface area (Å²) >= 11 is 0. The summed E-state index contributed by atoms with van der Waals surface area (Å²) in [7, 11) is 0. The van der Waals surface area contributed by atoms with Crippen LogP contribution in [0.1, 0.15) is 0 Å². The molecule has 5 heteroatoms. The summed E-state index contributed by atoms with van der Waals surface area (Å²) in [6, 6.07) is 51.4. The van der Waals surface area contributed by atoms with E-state index >= 15 is 0 Å². The third-order valence-electron chi connectivity index (χ3n) is 7.88. The summed E-state index contributed by atoms with van der Waals surface area (Å²) in [6.07, 6.45) is 3.86. The number of aromatic nitrogens is 5. The Morgan fingerprint density at radius 1 is 0.378 bits per heavy atom. The van der Waals surface area contributed by atoms with E-state index in [4.69, 9.17) is 15.0 Å². The maximum atomic E-state index is 5.43. The van der Waals surface area contributed by atoms with Gasteiger partial charge >= 0.3 is 0 Å². The predicted molar refractivity (Wildman–Crippen MR) is 181 cm³/mol. The molecule has 8 rings (SSSR count). The first-order valence-corrected chi connectivity index (χ1v) is 14.9. The Labute approximate surface area is 261 Å². The van der Waals surface area contributed by atoms with Crippen LogP contribution in [-0.2, 0) is 0 Å². The zero-order valence-electron chi connectivity index (χ0n) is 24.3. The largest absolute Gasteiger partial charge is 0.299 e. The Kier molecular flexibility index (Phi) is 6.74. The molecule has 0 atom stereocenters. The van der Waals surface area contributed by atoms with Crippen molar-refractivity contribution in [1.29, 1.82) is 0 Å². The van der Waals surface area contributed by atoms with Gasteiger partial charge in [-0.25, -0.2) is 15.0 Å². The SMILES string of the molecule is c1ccc(-c2nc(-c3ccccc3)c(-c3cccc(-c4c(-c5ccccn5)nc5ccccn45)c3)nc2-c2ccccc2)cc1. The van der Waals surface area contributed by atoms with Gasteiger partial charge in [0.2, 0.25) is 0 Å². The number of imidazole rings is 1. The number of pyridine rings is 2. The van der Waals surface area contributed by atoms with E-state index in [0.29, 0.717) is 0 Å². The fourth-order valence-electron chi connectivity index (χ4n) is 5.80. The standard InChI is InChI=1S/C40H27N5/c1-4-15-28(16-5-1)35-36(29-17-6-2-7-18-29)44-38(37(43-35)30-19-8-3-9-20-30)31-21-14-22-32(27-31)40-39(33-23-10-12-25-41-33)42-34-24-11-13-26-45(34)40/h1-27H. The average Bonchev–Trinajstić information content (AvgIpc) is 3.52. The predicted octanol–water partition coefficient (Wildman–Crippen LogP) is 9.52. The van der Waals surface area contributed by atoms with Crippen molar-refractivity contribution < 1.29 is 0 Å². The summed E-state index contributed by atoms with van der Waals surface area (Å²) in [6.45, 7) is 0. The van der Waals surface area contributed by atoms with Crippen molar-refractivity contribution >= 4 is 5.65 Å². The fourth-order valence-corrected chi connectivity index (χ4v) is 5.80. The third kappa shape index (κ3) is 4.96. The first-order valence-electron chi connectivity index (χ1n) is 14.9. The number of rotatable bonds is 6. The first-order chi connectivity index (χ1) is 22.3. The van der Waals surface area contributed by atoms with Gasteiger partial charge in [-0.2, -0.15) is 0 Å². The van der Waals surface area contributed by atoms with Gasteiger partial charge in [-0.1, -0.05) is 121 Å². The fraction of sp³-hybridized carbons (Fsp3) is 0. The minimum atomic E-state index is 0.815. The quantitative estimate of drug-likeness (QED) is 0.197. The molecule has 0 radical (unpaired) electrons. The number of hydrogen-bond donors (Lipinski definition) is 0. The zero-order valence-corrected chi connectivity index (χ0v) is 24.3. The summed E-state index contributed by atoms with van der Waals surface area (Å²) in [5.41, 5.74) is 11.8. The molecule has 212 valence electrons. The van der Waals surface area contributed by atoms with Crippen molar-refractivity contribution in [2.45, 2.75) is 0 Å². The zero-order chi connectivity index (χ0) is 30.0.